The van der Waals surface area contributed by atoms with E-state index in [0.29, 0.717) is 15.5 Å². The molecule has 1 aromatic carbocycles. The summed E-state index contributed by atoms with van der Waals surface area (Å²) in [5.41, 5.74) is 0.464. The van der Waals surface area contributed by atoms with Gasteiger partial charge in [-0.3, -0.25) is 4.79 Å². The molecule has 0 radical (unpaired) electrons. The maximum absolute atomic E-state index is 11.7. The number of hydrogen-bond acceptors (Lipinski definition) is 5. The first-order chi connectivity index (χ1) is 9.20. The minimum absolute atomic E-state index is 0.161. The van der Waals surface area contributed by atoms with Crippen LogP contribution in [0.3, 0.4) is 0 Å². The van der Waals surface area contributed by atoms with Gasteiger partial charge in [0.1, 0.15) is 16.8 Å². The number of phenols is 1. The minimum atomic E-state index is -0.202. The van der Waals surface area contributed by atoms with Crippen molar-refractivity contribution in [1.29, 1.82) is 5.26 Å². The molecule has 4 nitrogen and oxygen atoms in total. The minimum Gasteiger partial charge on any atom is -0.507 e. The Bertz CT molecular complexity index is 632. The standard InChI is InChI=1S/C13H10N2O2S2/c14-7-9-5-6-18-13(9)15-12(17)8-19-11-4-2-1-3-10(11)16/h1-6,16H,8H2,(H,15,17). The van der Waals surface area contributed by atoms with E-state index in [1.165, 1.54) is 23.1 Å². The third-order valence-corrected chi connectivity index (χ3v) is 4.16. The second-order valence-corrected chi connectivity index (χ2v) is 5.51. The average molecular weight is 290 g/mol. The van der Waals surface area contributed by atoms with Gasteiger partial charge in [0.15, 0.2) is 0 Å². The van der Waals surface area contributed by atoms with Crippen molar-refractivity contribution >= 4 is 34.0 Å². The van der Waals surface area contributed by atoms with E-state index in [4.69, 9.17) is 5.26 Å². The van der Waals surface area contributed by atoms with Gasteiger partial charge in [-0.1, -0.05) is 12.1 Å². The van der Waals surface area contributed by atoms with Crippen LogP contribution in [0.4, 0.5) is 5.00 Å². The molecule has 0 saturated heterocycles. The van der Waals surface area contributed by atoms with E-state index in [1.807, 2.05) is 6.07 Å². The lowest BCUT2D eigenvalue weighted by molar-refractivity contribution is -0.113. The summed E-state index contributed by atoms with van der Waals surface area (Å²) in [5, 5.41) is 23.4. The lowest BCUT2D eigenvalue weighted by Crippen LogP contribution is -2.13. The molecule has 96 valence electrons. The van der Waals surface area contributed by atoms with E-state index in [1.54, 1.807) is 35.7 Å². The smallest absolute Gasteiger partial charge is 0.235 e. The van der Waals surface area contributed by atoms with Crippen LogP contribution < -0.4 is 5.32 Å². The van der Waals surface area contributed by atoms with E-state index in [9.17, 15) is 9.90 Å². The van der Waals surface area contributed by atoms with Gasteiger partial charge < -0.3 is 10.4 Å². The molecule has 0 unspecified atom stereocenters. The number of thioether (sulfide) groups is 1. The molecule has 0 bridgehead atoms. The van der Waals surface area contributed by atoms with Gasteiger partial charge in [0.2, 0.25) is 5.91 Å². The molecular formula is C13H10N2O2S2. The molecule has 6 heteroatoms. The predicted octanol–water partition coefficient (Wildman–Crippen LogP) is 3.06. The Morgan fingerprint density at radius 2 is 2.21 bits per heavy atom. The Morgan fingerprint density at radius 3 is 2.95 bits per heavy atom. The number of carbonyl (C=O) groups excluding carboxylic acids is 1. The lowest BCUT2D eigenvalue weighted by Gasteiger charge is -2.04. The van der Waals surface area contributed by atoms with Gasteiger partial charge in [-0.05, 0) is 23.6 Å². The van der Waals surface area contributed by atoms with Crippen molar-refractivity contribution in [2.45, 2.75) is 4.90 Å². The topological polar surface area (TPSA) is 73.1 Å². The number of amides is 1. The third-order valence-electron chi connectivity index (χ3n) is 2.26. The van der Waals surface area contributed by atoms with Gasteiger partial charge in [-0.25, -0.2) is 0 Å². The van der Waals surface area contributed by atoms with Crippen LogP contribution in [0.1, 0.15) is 5.56 Å². The number of nitriles is 1. The Labute approximate surface area is 118 Å². The Kier molecular flexibility index (Phi) is 4.44. The number of carbonyl (C=O) groups is 1. The molecule has 19 heavy (non-hydrogen) atoms. The maximum atomic E-state index is 11.7. The summed E-state index contributed by atoms with van der Waals surface area (Å²) in [5.74, 6) is 0.140. The van der Waals surface area contributed by atoms with E-state index >= 15 is 0 Å². The van der Waals surface area contributed by atoms with E-state index in [0.717, 1.165) is 0 Å². The van der Waals surface area contributed by atoms with Gasteiger partial charge in [-0.15, -0.1) is 23.1 Å². The zero-order valence-corrected chi connectivity index (χ0v) is 11.4. The zero-order chi connectivity index (χ0) is 13.7. The number of hydrogen-bond donors (Lipinski definition) is 2. The summed E-state index contributed by atoms with van der Waals surface area (Å²) < 4.78 is 0. The molecule has 2 N–H and O–H groups in total. The first-order valence-corrected chi connectivity index (χ1v) is 7.25. The number of aromatic hydroxyl groups is 1. The van der Waals surface area contributed by atoms with Gasteiger partial charge in [-0.2, -0.15) is 5.26 Å². The number of para-hydroxylation sites is 1. The monoisotopic (exact) mass is 290 g/mol. The zero-order valence-electron chi connectivity index (χ0n) is 9.79. The molecule has 2 aromatic rings. The van der Waals surface area contributed by atoms with Gasteiger partial charge in [0.25, 0.3) is 0 Å². The summed E-state index contributed by atoms with van der Waals surface area (Å²) in [6, 6.07) is 10.5. The molecule has 0 fully saturated rings. The van der Waals surface area contributed by atoms with Crippen molar-refractivity contribution in [3.05, 3.63) is 41.3 Å². The molecule has 2 rings (SSSR count). The van der Waals surface area contributed by atoms with Crippen LogP contribution in [0, 0.1) is 11.3 Å². The predicted molar refractivity (Wildman–Crippen MR) is 76.5 cm³/mol. The number of anilines is 1. The summed E-state index contributed by atoms with van der Waals surface area (Å²) >= 11 is 2.56. The van der Waals surface area contributed by atoms with Crippen LogP contribution in [0.2, 0.25) is 0 Å². The number of nitrogens with zero attached hydrogens (tertiary/aromatic N) is 1. The molecule has 0 aliphatic carbocycles. The lowest BCUT2D eigenvalue weighted by atomic mass is 10.3. The van der Waals surface area contributed by atoms with Crippen molar-refractivity contribution in [1.82, 2.24) is 0 Å². The molecule has 0 saturated carbocycles. The van der Waals surface area contributed by atoms with Crippen molar-refractivity contribution in [3.8, 4) is 11.8 Å². The van der Waals surface area contributed by atoms with Crippen LogP contribution >= 0.6 is 23.1 Å². The fourth-order valence-electron chi connectivity index (χ4n) is 1.38. The highest BCUT2D eigenvalue weighted by Crippen LogP contribution is 2.28. The fraction of sp³-hybridized carbons (Fsp3) is 0.0769. The van der Waals surface area contributed by atoms with Crippen LogP contribution in [-0.2, 0) is 4.79 Å². The van der Waals surface area contributed by atoms with Crippen LogP contribution in [0.5, 0.6) is 5.75 Å². The molecule has 0 atom stereocenters. The number of thiophene rings is 1. The molecular weight excluding hydrogens is 280 g/mol. The molecule has 1 heterocycles. The molecule has 1 aromatic heterocycles. The van der Waals surface area contributed by atoms with Gasteiger partial charge in [0.05, 0.1) is 11.3 Å². The largest absolute Gasteiger partial charge is 0.507 e. The Hall–Kier alpha value is -1.97. The Balaban J connectivity index is 1.93. The normalized spacial score (nSPS) is 9.84. The highest BCUT2D eigenvalue weighted by molar-refractivity contribution is 8.00. The highest BCUT2D eigenvalue weighted by Gasteiger charge is 2.09. The van der Waals surface area contributed by atoms with Crippen molar-refractivity contribution in [3.63, 3.8) is 0 Å². The van der Waals surface area contributed by atoms with E-state index < -0.39 is 0 Å². The number of benzene rings is 1. The van der Waals surface area contributed by atoms with E-state index in [-0.39, 0.29) is 17.4 Å². The van der Waals surface area contributed by atoms with Gasteiger partial charge >= 0.3 is 0 Å². The summed E-state index contributed by atoms with van der Waals surface area (Å²) in [6.07, 6.45) is 0. The van der Waals surface area contributed by atoms with Crippen molar-refractivity contribution in [2.75, 3.05) is 11.1 Å². The maximum Gasteiger partial charge on any atom is 0.235 e. The fourth-order valence-corrected chi connectivity index (χ4v) is 2.88. The second kappa shape index (κ2) is 6.27. The molecule has 1 amide bonds. The van der Waals surface area contributed by atoms with Crippen LogP contribution in [-0.4, -0.2) is 16.8 Å². The molecule has 0 aliphatic heterocycles. The first-order valence-electron chi connectivity index (χ1n) is 5.39. The van der Waals surface area contributed by atoms with Gasteiger partial charge in [0, 0.05) is 4.90 Å². The molecule has 0 aliphatic rings. The first kappa shape index (κ1) is 13.5. The Morgan fingerprint density at radius 1 is 1.42 bits per heavy atom. The summed E-state index contributed by atoms with van der Waals surface area (Å²) in [4.78, 5) is 12.4. The van der Waals surface area contributed by atoms with Crippen molar-refractivity contribution < 1.29 is 9.90 Å². The van der Waals surface area contributed by atoms with E-state index in [2.05, 4.69) is 5.32 Å². The quantitative estimate of drug-likeness (QED) is 0.849. The number of nitrogens with one attached hydrogen (secondary N) is 1. The summed E-state index contributed by atoms with van der Waals surface area (Å²) in [7, 11) is 0. The number of rotatable bonds is 4. The molecule has 0 spiro atoms. The van der Waals surface area contributed by atoms with Crippen LogP contribution in [0.25, 0.3) is 0 Å². The number of phenolic OH excluding ortho intramolecular Hbond substituents is 1. The van der Waals surface area contributed by atoms with Crippen molar-refractivity contribution in [2.24, 2.45) is 0 Å². The third kappa shape index (κ3) is 3.50. The SMILES string of the molecule is N#Cc1ccsc1NC(=O)CSc1ccccc1O. The summed E-state index contributed by atoms with van der Waals surface area (Å²) in [6.45, 7) is 0. The second-order valence-electron chi connectivity index (χ2n) is 3.58. The highest BCUT2D eigenvalue weighted by atomic mass is 32.2. The van der Waals surface area contributed by atoms with Crippen LogP contribution in [0.15, 0.2) is 40.6 Å². The average Bonchev–Trinajstić information content (AvgIpc) is 2.85.